The number of carbonyl (C=O) groups is 1. The molecule has 0 saturated heterocycles. The van der Waals surface area contributed by atoms with E-state index in [1.165, 1.54) is 13.2 Å². The fourth-order valence-corrected chi connectivity index (χ4v) is 2.38. The van der Waals surface area contributed by atoms with Crippen LogP contribution in [-0.4, -0.2) is 25.7 Å². The van der Waals surface area contributed by atoms with E-state index in [2.05, 4.69) is 5.32 Å². The van der Waals surface area contributed by atoms with Gasteiger partial charge in [0.25, 0.3) is 0 Å². The molecule has 0 aliphatic carbocycles. The maximum atomic E-state index is 12.9. The number of rotatable bonds is 6. The fourth-order valence-electron chi connectivity index (χ4n) is 2.38. The Labute approximate surface area is 140 Å². The minimum atomic E-state index is -4.43. The summed E-state index contributed by atoms with van der Waals surface area (Å²) in [5.74, 6) is -0.315. The Morgan fingerprint density at radius 2 is 1.92 bits per heavy atom. The van der Waals surface area contributed by atoms with E-state index in [4.69, 9.17) is 10.5 Å². The zero-order valence-electron chi connectivity index (χ0n) is 14.4. The third-order valence-corrected chi connectivity index (χ3v) is 3.73. The van der Waals surface area contributed by atoms with E-state index in [0.717, 1.165) is 12.1 Å². The van der Waals surface area contributed by atoms with Crippen LogP contribution in [0.1, 0.15) is 44.4 Å². The number of nitrogens with two attached hydrogens (primary N) is 1. The van der Waals surface area contributed by atoms with Gasteiger partial charge in [0.05, 0.1) is 24.1 Å². The number of ether oxygens (including phenoxy) is 1. The van der Waals surface area contributed by atoms with Crippen LogP contribution in [0.25, 0.3) is 0 Å². The van der Waals surface area contributed by atoms with Gasteiger partial charge in [-0.15, -0.1) is 0 Å². The number of carbonyl (C=O) groups excluding carboxylic acids is 1. The average Bonchev–Trinajstić information content (AvgIpc) is 2.48. The van der Waals surface area contributed by atoms with E-state index in [1.807, 2.05) is 20.8 Å². The molecule has 1 aromatic rings. The maximum absolute atomic E-state index is 12.9. The molecule has 1 amide bonds. The van der Waals surface area contributed by atoms with Gasteiger partial charge >= 0.3 is 6.18 Å². The summed E-state index contributed by atoms with van der Waals surface area (Å²) in [6, 6.07) is 4.46. The zero-order valence-corrected chi connectivity index (χ0v) is 14.4. The van der Waals surface area contributed by atoms with Crippen LogP contribution in [0.15, 0.2) is 24.3 Å². The number of halogens is 3. The molecule has 0 saturated carbocycles. The van der Waals surface area contributed by atoms with Crippen LogP contribution < -0.4 is 11.1 Å². The molecular weight excluding hydrogens is 321 g/mol. The average molecular weight is 346 g/mol. The molecule has 2 atom stereocenters. The highest BCUT2D eigenvalue weighted by Gasteiger charge is 2.33. The number of benzene rings is 1. The number of amides is 1. The second-order valence-corrected chi connectivity index (χ2v) is 6.79. The summed E-state index contributed by atoms with van der Waals surface area (Å²) in [7, 11) is 1.46. The topological polar surface area (TPSA) is 64.3 Å². The summed E-state index contributed by atoms with van der Waals surface area (Å²) >= 11 is 0. The molecule has 0 aliphatic heterocycles. The summed E-state index contributed by atoms with van der Waals surface area (Å²) in [5.41, 5.74) is 4.70. The molecule has 7 heteroatoms. The van der Waals surface area contributed by atoms with Crippen molar-refractivity contribution in [3.05, 3.63) is 35.4 Å². The normalized spacial score (nSPS) is 15.0. The fraction of sp³-hybridized carbons (Fsp3) is 0.588. The van der Waals surface area contributed by atoms with Crippen LogP contribution in [0.4, 0.5) is 13.2 Å². The molecule has 1 aromatic carbocycles. The van der Waals surface area contributed by atoms with Gasteiger partial charge in [0, 0.05) is 13.7 Å². The summed E-state index contributed by atoms with van der Waals surface area (Å²) < 4.78 is 43.9. The van der Waals surface area contributed by atoms with Crippen molar-refractivity contribution in [3.8, 4) is 0 Å². The van der Waals surface area contributed by atoms with Crippen LogP contribution >= 0.6 is 0 Å². The molecule has 0 radical (unpaired) electrons. The molecule has 3 N–H and O–H groups in total. The number of methoxy groups -OCH3 is 1. The van der Waals surface area contributed by atoms with Gasteiger partial charge in [-0.2, -0.15) is 13.2 Å². The molecule has 24 heavy (non-hydrogen) atoms. The predicted molar refractivity (Wildman–Crippen MR) is 86.3 cm³/mol. The maximum Gasteiger partial charge on any atom is 0.416 e. The second-order valence-electron chi connectivity index (χ2n) is 6.79. The number of nitrogens with one attached hydrogen (secondary N) is 1. The first-order chi connectivity index (χ1) is 11.0. The van der Waals surface area contributed by atoms with Crippen LogP contribution in [0.2, 0.25) is 0 Å². The zero-order chi connectivity index (χ0) is 18.5. The van der Waals surface area contributed by atoms with Crippen molar-refractivity contribution in [1.29, 1.82) is 0 Å². The Kier molecular flexibility index (Phi) is 6.80. The quantitative estimate of drug-likeness (QED) is 0.831. The van der Waals surface area contributed by atoms with Crippen LogP contribution in [0.5, 0.6) is 0 Å². The minimum absolute atomic E-state index is 0.0541. The Morgan fingerprint density at radius 3 is 2.38 bits per heavy atom. The van der Waals surface area contributed by atoms with Gasteiger partial charge in [0.15, 0.2) is 0 Å². The van der Waals surface area contributed by atoms with Crippen LogP contribution in [-0.2, 0) is 15.7 Å². The van der Waals surface area contributed by atoms with Gasteiger partial charge in [0.1, 0.15) is 0 Å². The first-order valence-electron chi connectivity index (χ1n) is 7.68. The predicted octanol–water partition coefficient (Wildman–Crippen LogP) is 3.27. The van der Waals surface area contributed by atoms with E-state index < -0.39 is 29.3 Å². The molecular formula is C17H25F3N2O2. The second kappa shape index (κ2) is 7.98. The van der Waals surface area contributed by atoms with Gasteiger partial charge in [-0.1, -0.05) is 32.9 Å². The lowest BCUT2D eigenvalue weighted by molar-refractivity contribution is -0.137. The molecule has 0 spiro atoms. The van der Waals surface area contributed by atoms with E-state index in [-0.39, 0.29) is 18.9 Å². The Balaban J connectivity index is 3.05. The van der Waals surface area contributed by atoms with Crippen LogP contribution in [0.3, 0.4) is 0 Å². The SMILES string of the molecule is COC(CN)CC(=O)NC(c1cccc(C(F)(F)F)c1)C(C)(C)C. The largest absolute Gasteiger partial charge is 0.416 e. The van der Waals surface area contributed by atoms with Crippen LogP contribution in [0, 0.1) is 5.41 Å². The Morgan fingerprint density at radius 1 is 1.29 bits per heavy atom. The summed E-state index contributed by atoms with van der Waals surface area (Å²) in [5, 5.41) is 2.81. The third kappa shape index (κ3) is 5.79. The monoisotopic (exact) mass is 346 g/mol. The molecule has 0 heterocycles. The molecule has 2 unspecified atom stereocenters. The lowest BCUT2D eigenvalue weighted by Gasteiger charge is -2.32. The number of hydrogen-bond acceptors (Lipinski definition) is 3. The number of hydrogen-bond donors (Lipinski definition) is 2. The van der Waals surface area contributed by atoms with Crippen molar-refractivity contribution in [1.82, 2.24) is 5.32 Å². The standard InChI is InChI=1S/C17H25F3N2O2/c1-16(2,3)15(22-14(23)9-13(10-21)24-4)11-6-5-7-12(8-11)17(18,19)20/h5-8,13,15H,9-10,21H2,1-4H3,(H,22,23). The van der Waals surface area contributed by atoms with E-state index in [0.29, 0.717) is 5.56 Å². The summed E-state index contributed by atoms with van der Waals surface area (Å²) in [6.45, 7) is 5.76. The van der Waals surface area contributed by atoms with Gasteiger partial charge < -0.3 is 15.8 Å². The van der Waals surface area contributed by atoms with Crippen molar-refractivity contribution in [2.45, 2.75) is 45.5 Å². The third-order valence-electron chi connectivity index (χ3n) is 3.73. The summed E-state index contributed by atoms with van der Waals surface area (Å²) in [6.07, 6.45) is -4.80. The van der Waals surface area contributed by atoms with E-state index in [1.54, 1.807) is 6.07 Å². The highest BCUT2D eigenvalue weighted by molar-refractivity contribution is 5.77. The van der Waals surface area contributed by atoms with Gasteiger partial charge in [-0.25, -0.2) is 0 Å². The smallest absolute Gasteiger partial charge is 0.380 e. The molecule has 0 aliphatic rings. The molecule has 4 nitrogen and oxygen atoms in total. The molecule has 136 valence electrons. The van der Waals surface area contributed by atoms with E-state index >= 15 is 0 Å². The van der Waals surface area contributed by atoms with Gasteiger partial charge in [0.2, 0.25) is 5.91 Å². The first-order valence-corrected chi connectivity index (χ1v) is 7.68. The van der Waals surface area contributed by atoms with Gasteiger partial charge in [-0.3, -0.25) is 4.79 Å². The molecule has 0 bridgehead atoms. The molecule has 1 rings (SSSR count). The lowest BCUT2D eigenvalue weighted by Crippen LogP contribution is -2.39. The minimum Gasteiger partial charge on any atom is -0.380 e. The first kappa shape index (κ1) is 20.4. The van der Waals surface area contributed by atoms with Gasteiger partial charge in [-0.05, 0) is 23.1 Å². The highest BCUT2D eigenvalue weighted by atomic mass is 19.4. The Bertz CT molecular complexity index is 550. The van der Waals surface area contributed by atoms with E-state index in [9.17, 15) is 18.0 Å². The molecule has 0 aromatic heterocycles. The molecule has 0 fully saturated rings. The van der Waals surface area contributed by atoms with Crippen molar-refractivity contribution in [2.24, 2.45) is 11.1 Å². The van der Waals surface area contributed by atoms with Crippen molar-refractivity contribution >= 4 is 5.91 Å². The summed E-state index contributed by atoms with van der Waals surface area (Å²) in [4.78, 5) is 12.2. The number of alkyl halides is 3. The lowest BCUT2D eigenvalue weighted by atomic mass is 9.81. The Hall–Kier alpha value is -1.60. The van der Waals surface area contributed by atoms with Crippen molar-refractivity contribution in [3.63, 3.8) is 0 Å². The van der Waals surface area contributed by atoms with Crippen molar-refractivity contribution < 1.29 is 22.7 Å². The highest BCUT2D eigenvalue weighted by Crippen LogP contribution is 2.36. The van der Waals surface area contributed by atoms with Crippen molar-refractivity contribution in [2.75, 3.05) is 13.7 Å².